The zero-order valence-corrected chi connectivity index (χ0v) is 19.8. The number of ether oxygens (including phenoxy) is 1. The molecule has 184 valence electrons. The summed E-state index contributed by atoms with van der Waals surface area (Å²) in [4.78, 5) is 0. The second kappa shape index (κ2) is 14.8. The first kappa shape index (κ1) is 28.7. The molecule has 1 aliphatic heterocycles. The van der Waals surface area contributed by atoms with Gasteiger partial charge in [-0.15, -0.1) is 0 Å². The van der Waals surface area contributed by atoms with Gasteiger partial charge in [0, 0.05) is 22.8 Å². The minimum Gasteiger partial charge on any atom is -0.714 e. The van der Waals surface area contributed by atoms with E-state index in [2.05, 4.69) is 9.44 Å². The zero-order valence-electron chi connectivity index (χ0n) is 17.4. The van der Waals surface area contributed by atoms with Gasteiger partial charge < -0.3 is 29.7 Å². The van der Waals surface area contributed by atoms with Crippen molar-refractivity contribution in [1.29, 1.82) is 0 Å². The van der Waals surface area contributed by atoms with Crippen LogP contribution >= 0.6 is 11.8 Å². The fourth-order valence-corrected chi connectivity index (χ4v) is 4.93. The maximum absolute atomic E-state index is 11.0. The highest BCUT2D eigenvalue weighted by Gasteiger charge is 2.44. The average molecular weight is 507 g/mol. The SMILES string of the molecule is CS(=O)CCCCCCCCCC(=NOS(=O)(=O)[O-])SC1OC(CO)C(O)C(O)C1O. The Kier molecular flexibility index (Phi) is 13.7. The largest absolute Gasteiger partial charge is 0.714 e. The molecule has 1 heterocycles. The summed E-state index contributed by atoms with van der Waals surface area (Å²) < 4.78 is 52.5. The lowest BCUT2D eigenvalue weighted by atomic mass is 10.0. The van der Waals surface area contributed by atoms with E-state index in [1.807, 2.05) is 0 Å². The number of hydrogen-bond acceptors (Lipinski definition) is 12. The van der Waals surface area contributed by atoms with Crippen molar-refractivity contribution in [3.63, 3.8) is 0 Å². The second-order valence-corrected chi connectivity index (χ2v) is 11.0. The summed E-state index contributed by atoms with van der Waals surface area (Å²) in [6, 6.07) is 0. The molecule has 0 spiro atoms. The Bertz CT molecular complexity index is 673. The third kappa shape index (κ3) is 11.9. The van der Waals surface area contributed by atoms with E-state index < -0.39 is 57.7 Å². The van der Waals surface area contributed by atoms with Crippen LogP contribution in [0, 0.1) is 0 Å². The molecule has 1 fully saturated rings. The molecule has 0 aromatic heterocycles. The van der Waals surface area contributed by atoms with Crippen LogP contribution in [-0.4, -0.2) is 91.1 Å². The van der Waals surface area contributed by atoms with Gasteiger partial charge in [0.05, 0.1) is 6.61 Å². The lowest BCUT2D eigenvalue weighted by Crippen LogP contribution is -2.57. The Morgan fingerprint density at radius 3 is 2.19 bits per heavy atom. The van der Waals surface area contributed by atoms with Gasteiger partial charge in [-0.25, -0.2) is 0 Å². The van der Waals surface area contributed by atoms with Crippen LogP contribution in [0.4, 0.5) is 0 Å². The van der Waals surface area contributed by atoms with Crippen LogP contribution in [0.5, 0.6) is 0 Å². The van der Waals surface area contributed by atoms with Crippen LogP contribution in [0.1, 0.15) is 51.4 Å². The molecule has 0 radical (unpaired) electrons. The fraction of sp³-hybridized carbons (Fsp3) is 0.941. The summed E-state index contributed by atoms with van der Waals surface area (Å²) in [7, 11) is -5.83. The summed E-state index contributed by atoms with van der Waals surface area (Å²) in [6.07, 6.45) is 2.45. The van der Waals surface area contributed by atoms with Crippen LogP contribution in [-0.2, 0) is 30.2 Å². The van der Waals surface area contributed by atoms with E-state index in [4.69, 9.17) is 4.74 Å². The standard InChI is InChI=1S/C17H33NO10S3/c1-30(23)10-8-6-4-2-3-5-7-9-13(18-28-31(24,25)26)29-17-16(22)15(21)14(20)12(11-19)27-17/h12,14-17,19-22H,2-11H2,1H3,(H,24,25,26)/p-1. The number of aliphatic hydroxyl groups excluding tert-OH is 4. The van der Waals surface area contributed by atoms with Gasteiger partial charge in [-0.1, -0.05) is 49.0 Å². The third-order valence-electron chi connectivity index (χ3n) is 4.65. The second-order valence-electron chi connectivity index (χ2n) is 7.29. The summed E-state index contributed by atoms with van der Waals surface area (Å²) >= 11 is 0.755. The zero-order chi connectivity index (χ0) is 23.4. The molecule has 1 rings (SSSR count). The van der Waals surface area contributed by atoms with Crippen molar-refractivity contribution in [1.82, 2.24) is 0 Å². The fourth-order valence-electron chi connectivity index (χ4n) is 2.98. The molecule has 11 nitrogen and oxygen atoms in total. The van der Waals surface area contributed by atoms with E-state index >= 15 is 0 Å². The van der Waals surface area contributed by atoms with Gasteiger partial charge in [0.1, 0.15) is 34.9 Å². The van der Waals surface area contributed by atoms with Crippen LogP contribution in [0.3, 0.4) is 0 Å². The quantitative estimate of drug-likeness (QED) is 0.0611. The first-order valence-corrected chi connectivity index (χ1v) is 14.0. The van der Waals surface area contributed by atoms with Gasteiger partial charge in [0.15, 0.2) is 0 Å². The summed E-state index contributed by atoms with van der Waals surface area (Å²) in [5.41, 5.74) is -1.16. The van der Waals surface area contributed by atoms with Crippen molar-refractivity contribution in [3.8, 4) is 0 Å². The smallest absolute Gasteiger partial charge is 0.284 e. The number of thioether (sulfide) groups is 1. The molecule has 14 heteroatoms. The normalized spacial score (nSPS) is 28.5. The van der Waals surface area contributed by atoms with Gasteiger partial charge in [-0.3, -0.25) is 8.49 Å². The summed E-state index contributed by atoms with van der Waals surface area (Å²) in [5, 5.41) is 42.5. The Balaban J connectivity index is 2.53. The Hall–Kier alpha value is -0.320. The lowest BCUT2D eigenvalue weighted by Gasteiger charge is -2.39. The average Bonchev–Trinajstić information content (AvgIpc) is 2.69. The summed E-state index contributed by atoms with van der Waals surface area (Å²) in [5.74, 6) is 0.706. The summed E-state index contributed by atoms with van der Waals surface area (Å²) in [6.45, 7) is -0.603. The minimum absolute atomic E-state index is 0.0641. The maximum Gasteiger partial charge on any atom is 0.284 e. The van der Waals surface area contributed by atoms with E-state index in [0.29, 0.717) is 12.2 Å². The molecule has 6 unspecified atom stereocenters. The molecular weight excluding hydrogens is 474 g/mol. The first-order chi connectivity index (χ1) is 14.5. The van der Waals surface area contributed by atoms with Crippen molar-refractivity contribution in [2.75, 3.05) is 18.6 Å². The monoisotopic (exact) mass is 506 g/mol. The number of hydrogen-bond donors (Lipinski definition) is 4. The number of aliphatic hydroxyl groups is 4. The van der Waals surface area contributed by atoms with E-state index in [-0.39, 0.29) is 11.5 Å². The molecule has 0 bridgehead atoms. The highest BCUT2D eigenvalue weighted by Crippen LogP contribution is 2.30. The predicted molar refractivity (Wildman–Crippen MR) is 115 cm³/mol. The molecule has 0 saturated carbocycles. The Morgan fingerprint density at radius 1 is 1.06 bits per heavy atom. The highest BCUT2D eigenvalue weighted by molar-refractivity contribution is 8.14. The molecule has 4 N–H and O–H groups in total. The minimum atomic E-state index is -5.07. The molecular formula is C17H32NO10S3-. The molecule has 0 aromatic carbocycles. The van der Waals surface area contributed by atoms with E-state index in [1.54, 1.807) is 6.26 Å². The number of rotatable bonds is 14. The van der Waals surface area contributed by atoms with Gasteiger partial charge in [-0.05, 0) is 19.3 Å². The van der Waals surface area contributed by atoms with Crippen molar-refractivity contribution in [2.45, 2.75) is 81.2 Å². The van der Waals surface area contributed by atoms with E-state index in [0.717, 1.165) is 50.3 Å². The van der Waals surface area contributed by atoms with Crippen molar-refractivity contribution >= 4 is 38.0 Å². The maximum atomic E-state index is 11.0. The van der Waals surface area contributed by atoms with Crippen molar-refractivity contribution in [2.24, 2.45) is 5.16 Å². The van der Waals surface area contributed by atoms with Crippen LogP contribution in [0.25, 0.3) is 0 Å². The number of oxime groups is 1. The van der Waals surface area contributed by atoms with Gasteiger partial charge in [0.2, 0.25) is 0 Å². The first-order valence-electron chi connectivity index (χ1n) is 10.0. The molecule has 1 saturated heterocycles. The molecule has 0 amide bonds. The van der Waals surface area contributed by atoms with Crippen LogP contribution in [0.15, 0.2) is 5.16 Å². The molecule has 31 heavy (non-hydrogen) atoms. The highest BCUT2D eigenvalue weighted by atomic mass is 32.3. The lowest BCUT2D eigenvalue weighted by molar-refractivity contribution is -0.205. The Morgan fingerprint density at radius 2 is 1.65 bits per heavy atom. The van der Waals surface area contributed by atoms with Crippen LogP contribution in [0.2, 0.25) is 0 Å². The predicted octanol–water partition coefficient (Wildman–Crippen LogP) is -0.191. The molecule has 0 aromatic rings. The van der Waals surface area contributed by atoms with E-state index in [9.17, 15) is 37.6 Å². The van der Waals surface area contributed by atoms with Crippen molar-refractivity contribution < 1.29 is 46.6 Å². The molecule has 0 aliphatic carbocycles. The third-order valence-corrected chi connectivity index (χ3v) is 6.95. The van der Waals surface area contributed by atoms with E-state index in [1.165, 1.54) is 0 Å². The topological polar surface area (TPSA) is 186 Å². The Labute approximate surface area is 189 Å². The number of unbranched alkanes of at least 4 members (excludes halogenated alkanes) is 6. The molecule has 1 aliphatic rings. The van der Waals surface area contributed by atoms with Gasteiger partial charge >= 0.3 is 0 Å². The van der Waals surface area contributed by atoms with Gasteiger partial charge in [-0.2, -0.15) is 8.42 Å². The van der Waals surface area contributed by atoms with Crippen molar-refractivity contribution in [3.05, 3.63) is 0 Å². The van der Waals surface area contributed by atoms with Crippen LogP contribution < -0.4 is 0 Å². The molecule has 6 atom stereocenters. The number of nitrogens with zero attached hydrogens (tertiary/aromatic N) is 1. The van der Waals surface area contributed by atoms with Gasteiger partial charge in [0.25, 0.3) is 10.4 Å².